The molecule has 0 atom stereocenters. The van der Waals surface area contributed by atoms with Gasteiger partial charge in [-0.3, -0.25) is 14.7 Å². The van der Waals surface area contributed by atoms with Gasteiger partial charge in [0.25, 0.3) is 5.56 Å². The molecule has 3 aromatic rings. The summed E-state index contributed by atoms with van der Waals surface area (Å²) in [6, 6.07) is 16.1. The van der Waals surface area contributed by atoms with E-state index in [-0.39, 0.29) is 5.56 Å². The smallest absolute Gasteiger partial charge is 0.254 e. The maximum Gasteiger partial charge on any atom is 0.254 e. The van der Waals surface area contributed by atoms with Crippen molar-refractivity contribution in [1.29, 1.82) is 0 Å². The molecular formula is C25H29N3O2. The fourth-order valence-corrected chi connectivity index (χ4v) is 3.77. The molecule has 0 N–H and O–H groups in total. The summed E-state index contributed by atoms with van der Waals surface area (Å²) in [7, 11) is 0. The van der Waals surface area contributed by atoms with E-state index in [1.54, 1.807) is 10.6 Å². The Kier molecular flexibility index (Phi) is 6.60. The topological polar surface area (TPSA) is 47.4 Å². The first-order chi connectivity index (χ1) is 14.7. The zero-order valence-electron chi connectivity index (χ0n) is 17.6. The molecule has 0 amide bonds. The van der Waals surface area contributed by atoms with Crippen LogP contribution in [0.1, 0.15) is 35.2 Å². The van der Waals surface area contributed by atoms with Crippen LogP contribution in [-0.4, -0.2) is 27.5 Å². The molecule has 0 saturated carbocycles. The van der Waals surface area contributed by atoms with Gasteiger partial charge in [0.1, 0.15) is 12.4 Å². The van der Waals surface area contributed by atoms with Crippen LogP contribution < -0.4 is 10.3 Å². The summed E-state index contributed by atoms with van der Waals surface area (Å²) in [6.45, 7) is 6.48. The Bertz CT molecular complexity index is 1000. The van der Waals surface area contributed by atoms with Gasteiger partial charge in [-0.15, -0.1) is 0 Å². The van der Waals surface area contributed by atoms with Gasteiger partial charge in [0.05, 0.1) is 5.69 Å². The molecule has 1 fully saturated rings. The molecule has 0 spiro atoms. The van der Waals surface area contributed by atoms with Crippen molar-refractivity contribution in [3.05, 3.63) is 93.7 Å². The van der Waals surface area contributed by atoms with Crippen molar-refractivity contribution in [1.82, 2.24) is 14.5 Å². The summed E-state index contributed by atoms with van der Waals surface area (Å²) in [5.74, 6) is 0.574. The fraction of sp³-hybridized carbons (Fsp3) is 0.360. The summed E-state index contributed by atoms with van der Waals surface area (Å²) in [6.07, 6.45) is 7.09. The number of aromatic nitrogens is 2. The lowest BCUT2D eigenvalue weighted by molar-refractivity contribution is 0.300. The number of likely N-dealkylation sites (tertiary alicyclic amines) is 1. The maximum atomic E-state index is 12.4. The lowest BCUT2D eigenvalue weighted by atomic mass is 10.1. The second-order valence-corrected chi connectivity index (χ2v) is 8.06. The van der Waals surface area contributed by atoms with Gasteiger partial charge in [0.2, 0.25) is 0 Å². The SMILES string of the molecule is Cc1ccc(COc2ccn(CCc3ccc(CN4CCCC4)cc3)c(=O)c2)nc1. The van der Waals surface area contributed by atoms with Gasteiger partial charge in [-0.25, -0.2) is 0 Å². The van der Waals surface area contributed by atoms with E-state index in [2.05, 4.69) is 34.1 Å². The third-order valence-corrected chi connectivity index (χ3v) is 5.60. The van der Waals surface area contributed by atoms with Crippen LogP contribution in [0.2, 0.25) is 0 Å². The van der Waals surface area contributed by atoms with Gasteiger partial charge >= 0.3 is 0 Å². The monoisotopic (exact) mass is 403 g/mol. The number of nitrogens with zero attached hydrogens (tertiary/aromatic N) is 3. The summed E-state index contributed by atoms with van der Waals surface area (Å²) < 4.78 is 7.45. The Labute approximate surface area is 178 Å². The van der Waals surface area contributed by atoms with E-state index in [1.807, 2.05) is 37.5 Å². The van der Waals surface area contributed by atoms with Gasteiger partial charge in [-0.05, 0) is 68.1 Å². The first-order valence-electron chi connectivity index (χ1n) is 10.7. The highest BCUT2D eigenvalue weighted by Gasteiger charge is 2.11. The van der Waals surface area contributed by atoms with Crippen LogP contribution in [0.25, 0.3) is 0 Å². The second kappa shape index (κ2) is 9.72. The lowest BCUT2D eigenvalue weighted by Gasteiger charge is -2.14. The molecule has 0 bridgehead atoms. The Morgan fingerprint density at radius 2 is 1.77 bits per heavy atom. The largest absolute Gasteiger partial charge is 0.487 e. The molecule has 156 valence electrons. The number of aryl methyl sites for hydroxylation is 3. The van der Waals surface area contributed by atoms with E-state index in [9.17, 15) is 4.79 Å². The van der Waals surface area contributed by atoms with Crippen LogP contribution in [-0.2, 0) is 26.1 Å². The summed E-state index contributed by atoms with van der Waals surface area (Å²) in [5, 5.41) is 0. The van der Waals surface area contributed by atoms with Crippen LogP contribution in [0.5, 0.6) is 5.75 Å². The Morgan fingerprint density at radius 1 is 1.00 bits per heavy atom. The first kappa shape index (κ1) is 20.4. The predicted octanol–water partition coefficient (Wildman–Crippen LogP) is 3.97. The molecule has 5 heteroatoms. The van der Waals surface area contributed by atoms with Gasteiger partial charge < -0.3 is 9.30 Å². The van der Waals surface area contributed by atoms with Gasteiger partial charge in [-0.1, -0.05) is 30.3 Å². The van der Waals surface area contributed by atoms with Crippen LogP contribution in [0.4, 0.5) is 0 Å². The van der Waals surface area contributed by atoms with E-state index >= 15 is 0 Å². The molecule has 0 radical (unpaired) electrons. The molecule has 0 unspecified atom stereocenters. The minimum atomic E-state index is -0.0463. The number of pyridine rings is 2. The fourth-order valence-electron chi connectivity index (χ4n) is 3.77. The molecule has 1 saturated heterocycles. The molecule has 0 aliphatic carbocycles. The summed E-state index contributed by atoms with van der Waals surface area (Å²) in [5.41, 5.74) is 4.52. The highest BCUT2D eigenvalue weighted by Crippen LogP contribution is 2.14. The molecule has 5 nitrogen and oxygen atoms in total. The third kappa shape index (κ3) is 5.57. The predicted molar refractivity (Wildman–Crippen MR) is 119 cm³/mol. The highest BCUT2D eigenvalue weighted by molar-refractivity contribution is 5.23. The molecule has 1 aliphatic heterocycles. The Balaban J connectivity index is 1.29. The van der Waals surface area contributed by atoms with E-state index in [0.717, 1.165) is 24.2 Å². The van der Waals surface area contributed by atoms with E-state index in [1.165, 1.54) is 37.1 Å². The molecular weight excluding hydrogens is 374 g/mol. The van der Waals surface area contributed by atoms with Crippen molar-refractivity contribution in [2.75, 3.05) is 13.1 Å². The second-order valence-electron chi connectivity index (χ2n) is 8.06. The minimum absolute atomic E-state index is 0.0463. The first-order valence-corrected chi connectivity index (χ1v) is 10.7. The Morgan fingerprint density at radius 3 is 2.47 bits per heavy atom. The summed E-state index contributed by atoms with van der Waals surface area (Å²) >= 11 is 0. The Hall–Kier alpha value is -2.92. The normalized spacial score (nSPS) is 14.2. The number of hydrogen-bond acceptors (Lipinski definition) is 4. The average Bonchev–Trinajstić information content (AvgIpc) is 3.27. The number of rotatable bonds is 8. The molecule has 2 aromatic heterocycles. The zero-order chi connectivity index (χ0) is 20.8. The van der Waals surface area contributed by atoms with Gasteiger partial charge in [0, 0.05) is 31.5 Å². The van der Waals surface area contributed by atoms with Crippen molar-refractivity contribution in [3.8, 4) is 5.75 Å². The van der Waals surface area contributed by atoms with Gasteiger partial charge in [-0.2, -0.15) is 0 Å². The highest BCUT2D eigenvalue weighted by atomic mass is 16.5. The molecule has 30 heavy (non-hydrogen) atoms. The maximum absolute atomic E-state index is 12.4. The zero-order valence-corrected chi connectivity index (χ0v) is 17.6. The standard InChI is InChI=1S/C25H29N3O2/c1-20-4-9-23(26-17-20)19-30-24-11-15-28(25(29)16-24)14-10-21-5-7-22(8-6-21)18-27-12-2-3-13-27/h4-9,11,15-17H,2-3,10,12-14,18-19H2,1H3. The number of hydrogen-bond donors (Lipinski definition) is 0. The van der Waals surface area contributed by atoms with Crippen LogP contribution in [0, 0.1) is 6.92 Å². The molecule has 1 aliphatic rings. The van der Waals surface area contributed by atoms with Gasteiger partial charge in [0.15, 0.2) is 0 Å². The molecule has 3 heterocycles. The van der Waals surface area contributed by atoms with Crippen molar-refractivity contribution < 1.29 is 4.74 Å². The number of benzene rings is 1. The molecule has 1 aromatic carbocycles. The lowest BCUT2D eigenvalue weighted by Crippen LogP contribution is -2.20. The average molecular weight is 404 g/mol. The minimum Gasteiger partial charge on any atom is -0.487 e. The van der Waals surface area contributed by atoms with Crippen LogP contribution in [0.15, 0.2) is 65.7 Å². The van der Waals surface area contributed by atoms with Crippen molar-refractivity contribution in [2.24, 2.45) is 0 Å². The van der Waals surface area contributed by atoms with E-state index in [4.69, 9.17) is 4.74 Å². The van der Waals surface area contributed by atoms with Crippen LogP contribution >= 0.6 is 0 Å². The van der Waals surface area contributed by atoms with Crippen molar-refractivity contribution >= 4 is 0 Å². The van der Waals surface area contributed by atoms with E-state index < -0.39 is 0 Å². The molecule has 4 rings (SSSR count). The third-order valence-electron chi connectivity index (χ3n) is 5.60. The quantitative estimate of drug-likeness (QED) is 0.571. The van der Waals surface area contributed by atoms with Crippen molar-refractivity contribution in [2.45, 2.75) is 45.9 Å². The van der Waals surface area contributed by atoms with E-state index in [0.29, 0.717) is 18.9 Å². The number of ether oxygens (including phenoxy) is 1. The van der Waals surface area contributed by atoms with Crippen molar-refractivity contribution in [3.63, 3.8) is 0 Å². The summed E-state index contributed by atoms with van der Waals surface area (Å²) in [4.78, 5) is 19.3. The van der Waals surface area contributed by atoms with Crippen LogP contribution in [0.3, 0.4) is 0 Å².